The highest BCUT2D eigenvalue weighted by atomic mass is 35.5. The highest BCUT2D eigenvalue weighted by Gasteiger charge is 2.34. The third-order valence-electron chi connectivity index (χ3n) is 8.33. The van der Waals surface area contributed by atoms with E-state index in [0.29, 0.717) is 23.5 Å². The monoisotopic (exact) mass is 556 g/mol. The van der Waals surface area contributed by atoms with Gasteiger partial charge in [0.05, 0.1) is 0 Å². The lowest BCUT2D eigenvalue weighted by atomic mass is 9.74. The number of nitrogens with zero attached hydrogens (tertiary/aromatic N) is 4. The zero-order valence-electron chi connectivity index (χ0n) is 22.6. The Hall–Kier alpha value is -2.16. The molecule has 0 saturated carbocycles. The van der Waals surface area contributed by atoms with Crippen molar-refractivity contribution in [1.82, 2.24) is 15.3 Å². The molecule has 7 nitrogen and oxygen atoms in total. The number of rotatable bonds is 6. The zero-order chi connectivity index (χ0) is 26.4. The Bertz CT molecular complexity index is 1050. The van der Waals surface area contributed by atoms with Crippen LogP contribution in [0.25, 0.3) is 0 Å². The van der Waals surface area contributed by atoms with Crippen LogP contribution in [0.3, 0.4) is 0 Å². The van der Waals surface area contributed by atoms with Crippen LogP contribution in [0.1, 0.15) is 63.9 Å². The lowest BCUT2D eigenvalue weighted by Gasteiger charge is -2.38. The first-order chi connectivity index (χ1) is 18.5. The summed E-state index contributed by atoms with van der Waals surface area (Å²) in [4.78, 5) is 14.7. The zero-order valence-corrected chi connectivity index (χ0v) is 24.1. The van der Waals surface area contributed by atoms with Crippen LogP contribution in [-0.2, 0) is 10.2 Å². The number of anilines is 3. The number of hydrogen-bond donors (Lipinski definition) is 2. The van der Waals surface area contributed by atoms with Gasteiger partial charge in [0.15, 0.2) is 5.11 Å². The van der Waals surface area contributed by atoms with E-state index in [2.05, 4.69) is 45.6 Å². The Kier molecular flexibility index (Phi) is 9.23. The summed E-state index contributed by atoms with van der Waals surface area (Å²) in [5.74, 6) is 3.24. The van der Waals surface area contributed by atoms with Crippen molar-refractivity contribution < 1.29 is 4.74 Å². The Balaban J connectivity index is 1.33. The number of thiocarbonyl (C=S) groups is 1. The molecule has 9 heteroatoms. The van der Waals surface area contributed by atoms with Gasteiger partial charge in [-0.3, -0.25) is 0 Å². The van der Waals surface area contributed by atoms with Crippen LogP contribution in [0.15, 0.2) is 30.3 Å². The molecule has 0 spiro atoms. The molecule has 1 aromatic heterocycles. The third-order valence-corrected chi connectivity index (χ3v) is 8.83. The smallest absolute Gasteiger partial charge is 0.232 e. The van der Waals surface area contributed by atoms with Crippen LogP contribution in [0.2, 0.25) is 5.02 Å². The standard InChI is InChI=1S/C29H41ClN6OS/c1-22-7-6-16-36(20-22)26-19-25(35-14-4-2-3-5-15-35)32-27(33-26)34-28(38)31-21-29(12-17-37-18-13-29)23-8-10-24(30)11-9-23/h8-11,19,22H,2-7,12-18,20-21H2,1H3,(H2,31,32,33,34,38)/t22-/m1/s1. The van der Waals surface area contributed by atoms with Gasteiger partial charge in [0.2, 0.25) is 5.95 Å². The minimum Gasteiger partial charge on any atom is -0.381 e. The summed E-state index contributed by atoms with van der Waals surface area (Å²) in [5, 5.41) is 8.13. The summed E-state index contributed by atoms with van der Waals surface area (Å²) >= 11 is 12.0. The number of aromatic nitrogens is 2. The van der Waals surface area contributed by atoms with Crippen LogP contribution in [0, 0.1) is 5.92 Å². The molecule has 3 saturated heterocycles. The van der Waals surface area contributed by atoms with Gasteiger partial charge in [-0.25, -0.2) is 0 Å². The summed E-state index contributed by atoms with van der Waals surface area (Å²) in [6.07, 6.45) is 9.34. The van der Waals surface area contributed by atoms with Gasteiger partial charge >= 0.3 is 0 Å². The van der Waals surface area contributed by atoms with Crippen LogP contribution in [0.5, 0.6) is 0 Å². The number of piperidine rings is 1. The van der Waals surface area contributed by atoms with Gasteiger partial charge in [-0.05, 0) is 74.4 Å². The molecule has 3 fully saturated rings. The van der Waals surface area contributed by atoms with E-state index in [-0.39, 0.29) is 5.41 Å². The van der Waals surface area contributed by atoms with Gasteiger partial charge in [-0.2, -0.15) is 9.97 Å². The van der Waals surface area contributed by atoms with E-state index in [1.165, 1.54) is 44.1 Å². The van der Waals surface area contributed by atoms with Gasteiger partial charge < -0.3 is 25.2 Å². The van der Waals surface area contributed by atoms with Gasteiger partial charge in [0.25, 0.3) is 0 Å². The summed E-state index contributed by atoms with van der Waals surface area (Å²) in [5.41, 5.74) is 1.21. The van der Waals surface area contributed by atoms with E-state index in [9.17, 15) is 0 Å². The summed E-state index contributed by atoms with van der Waals surface area (Å²) in [6, 6.07) is 10.4. The molecule has 4 heterocycles. The summed E-state index contributed by atoms with van der Waals surface area (Å²) in [7, 11) is 0. The van der Waals surface area contributed by atoms with E-state index in [4.69, 9.17) is 38.5 Å². The molecule has 0 aliphatic carbocycles. The molecule has 206 valence electrons. The lowest BCUT2D eigenvalue weighted by molar-refractivity contribution is 0.0515. The lowest BCUT2D eigenvalue weighted by Crippen LogP contribution is -2.45. The maximum absolute atomic E-state index is 6.18. The highest BCUT2D eigenvalue weighted by Crippen LogP contribution is 2.35. The van der Waals surface area contributed by atoms with E-state index >= 15 is 0 Å². The molecular formula is C29H41ClN6OS. The third kappa shape index (κ3) is 6.88. The Morgan fingerprint density at radius 1 is 1.00 bits per heavy atom. The number of benzene rings is 1. The Morgan fingerprint density at radius 2 is 1.66 bits per heavy atom. The van der Waals surface area contributed by atoms with E-state index in [1.54, 1.807) is 0 Å². The van der Waals surface area contributed by atoms with Crippen molar-refractivity contribution in [3.63, 3.8) is 0 Å². The predicted molar refractivity (Wildman–Crippen MR) is 161 cm³/mol. The first kappa shape index (κ1) is 27.4. The molecule has 0 amide bonds. The first-order valence-corrected chi connectivity index (χ1v) is 15.1. The predicted octanol–water partition coefficient (Wildman–Crippen LogP) is 5.78. The molecule has 2 aromatic rings. The number of ether oxygens (including phenoxy) is 1. The van der Waals surface area contributed by atoms with Gasteiger partial charge in [-0.15, -0.1) is 0 Å². The van der Waals surface area contributed by atoms with E-state index in [1.807, 2.05) is 12.1 Å². The van der Waals surface area contributed by atoms with Crippen molar-refractivity contribution in [1.29, 1.82) is 0 Å². The molecule has 0 radical (unpaired) electrons. The van der Waals surface area contributed by atoms with E-state index in [0.717, 1.165) is 68.9 Å². The molecular weight excluding hydrogens is 516 g/mol. The minimum absolute atomic E-state index is 0.0571. The Morgan fingerprint density at radius 3 is 2.34 bits per heavy atom. The molecule has 0 bridgehead atoms. The van der Waals surface area contributed by atoms with Gasteiger partial charge in [0, 0.05) is 62.4 Å². The van der Waals surface area contributed by atoms with Crippen molar-refractivity contribution in [3.8, 4) is 0 Å². The molecule has 2 N–H and O–H groups in total. The number of halogens is 1. The van der Waals surface area contributed by atoms with Crippen molar-refractivity contribution in [2.75, 3.05) is 61.1 Å². The second kappa shape index (κ2) is 12.8. The maximum Gasteiger partial charge on any atom is 0.232 e. The second-order valence-corrected chi connectivity index (χ2v) is 12.1. The van der Waals surface area contributed by atoms with E-state index < -0.39 is 0 Å². The molecule has 38 heavy (non-hydrogen) atoms. The highest BCUT2D eigenvalue weighted by molar-refractivity contribution is 7.80. The normalized spacial score (nSPS) is 22.0. The first-order valence-electron chi connectivity index (χ1n) is 14.3. The van der Waals surface area contributed by atoms with Crippen LogP contribution < -0.4 is 20.4 Å². The average molecular weight is 557 g/mol. The molecule has 5 rings (SSSR count). The largest absolute Gasteiger partial charge is 0.381 e. The minimum atomic E-state index is -0.0571. The van der Waals surface area contributed by atoms with Crippen molar-refractivity contribution in [2.24, 2.45) is 5.92 Å². The Labute approximate surface area is 237 Å². The van der Waals surface area contributed by atoms with Gasteiger partial charge in [-0.1, -0.05) is 43.5 Å². The van der Waals surface area contributed by atoms with Crippen LogP contribution in [-0.4, -0.2) is 61.0 Å². The fraction of sp³-hybridized carbons (Fsp3) is 0.621. The molecule has 1 aromatic carbocycles. The SMILES string of the molecule is C[C@@H]1CCCN(c2cc(N3CCCCCC3)nc(NC(=S)NCC3(c4ccc(Cl)cc4)CCOCC3)n2)C1. The molecule has 0 unspecified atom stereocenters. The number of nitrogens with one attached hydrogen (secondary N) is 2. The number of hydrogen-bond acceptors (Lipinski definition) is 6. The molecule has 1 atom stereocenters. The summed E-state index contributed by atoms with van der Waals surface area (Å²) < 4.78 is 5.70. The van der Waals surface area contributed by atoms with Crippen molar-refractivity contribution in [3.05, 3.63) is 40.9 Å². The molecule has 3 aliphatic rings. The quantitative estimate of drug-likeness (QED) is 0.434. The van der Waals surface area contributed by atoms with Gasteiger partial charge in [0.1, 0.15) is 11.6 Å². The second-order valence-electron chi connectivity index (χ2n) is 11.2. The molecule has 3 aliphatic heterocycles. The van der Waals surface area contributed by atoms with Crippen molar-refractivity contribution >= 4 is 46.5 Å². The van der Waals surface area contributed by atoms with Crippen molar-refractivity contribution in [2.45, 2.75) is 63.7 Å². The van der Waals surface area contributed by atoms with Crippen LogP contribution in [0.4, 0.5) is 17.6 Å². The fourth-order valence-corrected chi connectivity index (χ4v) is 6.32. The maximum atomic E-state index is 6.18. The topological polar surface area (TPSA) is 65.5 Å². The average Bonchev–Trinajstić information content (AvgIpc) is 3.23. The fourth-order valence-electron chi connectivity index (χ4n) is 6.03. The van der Waals surface area contributed by atoms with Crippen LogP contribution >= 0.6 is 23.8 Å². The summed E-state index contributed by atoms with van der Waals surface area (Å²) in [6.45, 7) is 8.67.